The lowest BCUT2D eigenvalue weighted by Gasteiger charge is -2.07. The molecule has 34 heavy (non-hydrogen) atoms. The topological polar surface area (TPSA) is 52.6 Å². The maximum atomic E-state index is 11.7. The molecule has 3 rings (SSSR count). The van der Waals surface area contributed by atoms with Crippen molar-refractivity contribution in [1.29, 1.82) is 0 Å². The second-order valence-electron chi connectivity index (χ2n) is 7.72. The highest BCUT2D eigenvalue weighted by molar-refractivity contribution is 5.89. The minimum Gasteiger partial charge on any atom is -0.423 e. The van der Waals surface area contributed by atoms with Gasteiger partial charge in [-0.3, -0.25) is 0 Å². The van der Waals surface area contributed by atoms with E-state index in [-0.39, 0.29) is 0 Å². The van der Waals surface area contributed by atoms with E-state index >= 15 is 0 Å². The van der Waals surface area contributed by atoms with E-state index in [2.05, 4.69) is 13.2 Å². The normalized spacial score (nSPS) is 10.9. The molecule has 0 spiro atoms. The first kappa shape index (κ1) is 24.2. The fourth-order valence-electron chi connectivity index (χ4n) is 2.99. The van der Waals surface area contributed by atoms with Gasteiger partial charge in [0.05, 0.1) is 0 Å². The summed E-state index contributed by atoms with van der Waals surface area (Å²) >= 11 is 0. The molecule has 0 radical (unpaired) electrons. The van der Waals surface area contributed by atoms with E-state index in [1.54, 1.807) is 25.1 Å². The summed E-state index contributed by atoms with van der Waals surface area (Å²) in [5, 5.41) is 0. The maximum Gasteiger partial charge on any atom is 0.338 e. The van der Waals surface area contributed by atoms with E-state index in [9.17, 15) is 9.59 Å². The van der Waals surface area contributed by atoms with Gasteiger partial charge in [-0.1, -0.05) is 79.9 Å². The van der Waals surface area contributed by atoms with Crippen molar-refractivity contribution in [3.05, 3.63) is 119 Å². The highest BCUT2D eigenvalue weighted by atomic mass is 16.5. The van der Waals surface area contributed by atoms with Gasteiger partial charge in [0, 0.05) is 11.6 Å². The van der Waals surface area contributed by atoms with Crippen LogP contribution in [0.4, 0.5) is 0 Å². The number of benzene rings is 3. The highest BCUT2D eigenvalue weighted by Crippen LogP contribution is 2.22. The van der Waals surface area contributed by atoms with Crippen molar-refractivity contribution in [1.82, 2.24) is 0 Å². The molecule has 0 amide bonds. The molecule has 0 atom stereocenters. The van der Waals surface area contributed by atoms with E-state index in [1.165, 1.54) is 0 Å². The lowest BCUT2D eigenvalue weighted by atomic mass is 10.1. The van der Waals surface area contributed by atoms with Crippen molar-refractivity contribution >= 4 is 36.2 Å². The van der Waals surface area contributed by atoms with Gasteiger partial charge in [0.15, 0.2) is 0 Å². The van der Waals surface area contributed by atoms with E-state index in [4.69, 9.17) is 9.47 Å². The molecular weight excluding hydrogens is 424 g/mol. The average Bonchev–Trinajstić information content (AvgIpc) is 2.84. The molecule has 0 aliphatic heterocycles. The number of hydrogen-bond acceptors (Lipinski definition) is 4. The molecule has 0 fully saturated rings. The van der Waals surface area contributed by atoms with Gasteiger partial charge in [0.25, 0.3) is 0 Å². The Hall–Kier alpha value is -4.44. The van der Waals surface area contributed by atoms with Gasteiger partial charge < -0.3 is 9.47 Å². The summed E-state index contributed by atoms with van der Waals surface area (Å²) in [5.41, 5.74) is 5.39. The molecule has 170 valence electrons. The zero-order valence-electron chi connectivity index (χ0n) is 19.3. The Labute approximate surface area is 200 Å². The summed E-state index contributed by atoms with van der Waals surface area (Å²) in [7, 11) is 0. The van der Waals surface area contributed by atoms with Gasteiger partial charge in [0.1, 0.15) is 11.5 Å². The van der Waals surface area contributed by atoms with E-state index in [0.29, 0.717) is 17.1 Å². The molecule has 3 aromatic rings. The minimum absolute atomic E-state index is 0.367. The van der Waals surface area contributed by atoms with Gasteiger partial charge in [-0.25, -0.2) is 9.59 Å². The zero-order chi connectivity index (χ0) is 24.5. The molecule has 0 heterocycles. The van der Waals surface area contributed by atoms with Gasteiger partial charge in [-0.05, 0) is 65.9 Å². The van der Waals surface area contributed by atoms with Crippen LogP contribution in [0, 0.1) is 6.92 Å². The van der Waals surface area contributed by atoms with Crippen molar-refractivity contribution in [2.24, 2.45) is 0 Å². The number of esters is 2. The molecular formula is C30H26O4. The summed E-state index contributed by atoms with van der Waals surface area (Å²) in [6.45, 7) is 10.5. The van der Waals surface area contributed by atoms with Crippen molar-refractivity contribution < 1.29 is 19.1 Å². The third-order valence-electron chi connectivity index (χ3n) is 4.89. The van der Waals surface area contributed by atoms with E-state index < -0.39 is 11.9 Å². The summed E-state index contributed by atoms with van der Waals surface area (Å²) in [5.74, 6) is 0.116. The van der Waals surface area contributed by atoms with Gasteiger partial charge in [0.2, 0.25) is 0 Å². The van der Waals surface area contributed by atoms with Gasteiger partial charge in [-0.2, -0.15) is 0 Å². The SMILES string of the molecule is C=CC(=O)Oc1ccc(C=Cc2ccc(C=Cc3ccc(OC(=O)C(=C)C)c(C)c3)cc2)cc1. The molecule has 3 aromatic carbocycles. The number of rotatable bonds is 8. The zero-order valence-corrected chi connectivity index (χ0v) is 19.3. The predicted octanol–water partition coefficient (Wildman–Crippen LogP) is 6.91. The van der Waals surface area contributed by atoms with Crippen molar-refractivity contribution in [3.8, 4) is 11.5 Å². The Morgan fingerprint density at radius 3 is 1.68 bits per heavy atom. The van der Waals surface area contributed by atoms with Crippen LogP contribution in [0.3, 0.4) is 0 Å². The molecule has 4 heteroatoms. The number of carbonyl (C=O) groups excluding carboxylic acids is 2. The maximum absolute atomic E-state index is 11.7. The van der Waals surface area contributed by atoms with Crippen LogP contribution in [0.15, 0.2) is 91.5 Å². The van der Waals surface area contributed by atoms with Gasteiger partial charge >= 0.3 is 11.9 Å². The molecule has 0 aliphatic rings. The van der Waals surface area contributed by atoms with Crippen LogP contribution in [0.25, 0.3) is 24.3 Å². The highest BCUT2D eigenvalue weighted by Gasteiger charge is 2.07. The lowest BCUT2D eigenvalue weighted by Crippen LogP contribution is -2.09. The molecule has 0 N–H and O–H groups in total. The minimum atomic E-state index is -0.478. The third kappa shape index (κ3) is 7.04. The van der Waals surface area contributed by atoms with E-state index in [0.717, 1.165) is 33.9 Å². The fraction of sp³-hybridized carbons (Fsp3) is 0.0667. The number of carbonyl (C=O) groups is 2. The van der Waals surface area contributed by atoms with Crippen LogP contribution in [0.5, 0.6) is 11.5 Å². The number of aryl methyl sites for hydroxylation is 1. The molecule has 0 aromatic heterocycles. The molecule has 0 saturated carbocycles. The molecule has 0 unspecified atom stereocenters. The van der Waals surface area contributed by atoms with Crippen LogP contribution in [0.1, 0.15) is 34.7 Å². The Balaban J connectivity index is 1.60. The second kappa shape index (κ2) is 11.4. The number of hydrogen-bond donors (Lipinski definition) is 0. The van der Waals surface area contributed by atoms with Crippen molar-refractivity contribution in [3.63, 3.8) is 0 Å². The average molecular weight is 451 g/mol. The number of ether oxygens (including phenoxy) is 2. The first-order valence-corrected chi connectivity index (χ1v) is 10.7. The monoisotopic (exact) mass is 450 g/mol. The Kier molecular flexibility index (Phi) is 8.14. The summed E-state index contributed by atoms with van der Waals surface area (Å²) in [6, 6.07) is 21.1. The first-order valence-electron chi connectivity index (χ1n) is 10.7. The quantitative estimate of drug-likeness (QED) is 0.162. The predicted molar refractivity (Wildman–Crippen MR) is 138 cm³/mol. The van der Waals surface area contributed by atoms with Crippen LogP contribution < -0.4 is 9.47 Å². The van der Waals surface area contributed by atoms with Crippen molar-refractivity contribution in [2.45, 2.75) is 13.8 Å². The molecule has 0 aliphatic carbocycles. The Morgan fingerprint density at radius 1 is 0.735 bits per heavy atom. The molecule has 0 bridgehead atoms. The fourth-order valence-corrected chi connectivity index (χ4v) is 2.99. The summed E-state index contributed by atoms with van der Waals surface area (Å²) in [4.78, 5) is 23.0. The summed E-state index contributed by atoms with van der Waals surface area (Å²) in [6.07, 6.45) is 9.20. The molecule has 0 saturated heterocycles. The second-order valence-corrected chi connectivity index (χ2v) is 7.72. The standard InChI is InChI=1S/C30H26O4/c1-5-29(31)33-27-17-14-25(15-18-27)11-10-23-6-8-24(9-7-23)12-13-26-16-19-28(22(4)20-26)34-30(32)21(2)3/h5-20H,1-2H2,3-4H3. The first-order chi connectivity index (χ1) is 16.3. The Bertz CT molecular complexity index is 1260. The van der Waals surface area contributed by atoms with Crippen molar-refractivity contribution in [2.75, 3.05) is 0 Å². The van der Waals surface area contributed by atoms with Crippen LogP contribution in [0.2, 0.25) is 0 Å². The summed E-state index contributed by atoms with van der Waals surface area (Å²) < 4.78 is 10.4. The molecule has 4 nitrogen and oxygen atoms in total. The van der Waals surface area contributed by atoms with Crippen LogP contribution in [-0.4, -0.2) is 11.9 Å². The Morgan fingerprint density at radius 2 is 1.21 bits per heavy atom. The van der Waals surface area contributed by atoms with Crippen LogP contribution in [-0.2, 0) is 9.59 Å². The lowest BCUT2D eigenvalue weighted by molar-refractivity contribution is -0.130. The van der Waals surface area contributed by atoms with E-state index in [1.807, 2.05) is 79.8 Å². The van der Waals surface area contributed by atoms with Gasteiger partial charge in [-0.15, -0.1) is 0 Å². The largest absolute Gasteiger partial charge is 0.423 e. The smallest absolute Gasteiger partial charge is 0.338 e. The third-order valence-corrected chi connectivity index (χ3v) is 4.89. The van der Waals surface area contributed by atoms with Crippen LogP contribution >= 0.6 is 0 Å².